The van der Waals surface area contributed by atoms with E-state index >= 15 is 0 Å². The summed E-state index contributed by atoms with van der Waals surface area (Å²) >= 11 is 1.81. The van der Waals surface area contributed by atoms with E-state index in [1.54, 1.807) is 6.07 Å². The molecule has 0 fully saturated rings. The van der Waals surface area contributed by atoms with Crippen LogP contribution in [0.25, 0.3) is 0 Å². The molecular formula is C11H15O2S. The fraction of sp³-hybridized carbons (Fsp3) is 0.364. The third-order valence-electron chi connectivity index (χ3n) is 1.94. The van der Waals surface area contributed by atoms with Crippen molar-refractivity contribution in [1.29, 1.82) is 0 Å². The Morgan fingerprint density at radius 2 is 2.00 bits per heavy atom. The number of aryl methyl sites for hydroxylation is 1. The quantitative estimate of drug-likeness (QED) is 0.581. The monoisotopic (exact) mass is 211 g/mol. The van der Waals surface area contributed by atoms with E-state index in [1.807, 2.05) is 17.8 Å². The number of rotatable bonds is 5. The van der Waals surface area contributed by atoms with E-state index in [1.165, 1.54) is 6.07 Å². The van der Waals surface area contributed by atoms with Crippen LogP contribution in [0.5, 0.6) is 11.5 Å². The molecule has 3 heteroatoms. The molecule has 1 aromatic rings. The molecule has 0 aliphatic rings. The van der Waals surface area contributed by atoms with Gasteiger partial charge in [-0.3, -0.25) is 0 Å². The van der Waals surface area contributed by atoms with E-state index in [2.05, 4.69) is 6.92 Å². The van der Waals surface area contributed by atoms with E-state index in [9.17, 15) is 5.11 Å². The largest absolute Gasteiger partial charge is 0.504 e. The predicted octanol–water partition coefficient (Wildman–Crippen LogP) is 2.60. The van der Waals surface area contributed by atoms with Crippen LogP contribution in [0.1, 0.15) is 12.0 Å². The summed E-state index contributed by atoms with van der Waals surface area (Å²) in [5.74, 6) is 1.90. The van der Waals surface area contributed by atoms with Gasteiger partial charge in [-0.2, -0.15) is 11.8 Å². The molecule has 0 heterocycles. The molecule has 0 spiro atoms. The molecule has 0 amide bonds. The van der Waals surface area contributed by atoms with Crippen molar-refractivity contribution in [2.75, 3.05) is 11.5 Å². The van der Waals surface area contributed by atoms with Gasteiger partial charge in [-0.1, -0.05) is 6.07 Å². The van der Waals surface area contributed by atoms with Crippen LogP contribution in [0, 0.1) is 6.92 Å². The molecule has 1 aromatic carbocycles. The number of benzene rings is 1. The van der Waals surface area contributed by atoms with E-state index in [0.717, 1.165) is 29.9 Å². The van der Waals surface area contributed by atoms with Gasteiger partial charge in [-0.25, -0.2) is 0 Å². The van der Waals surface area contributed by atoms with Crippen LogP contribution in [0.4, 0.5) is 0 Å². The van der Waals surface area contributed by atoms with Gasteiger partial charge in [0.1, 0.15) is 0 Å². The normalized spacial score (nSPS) is 10.4. The highest BCUT2D eigenvalue weighted by Gasteiger charge is 2.00. The minimum Gasteiger partial charge on any atom is -0.504 e. The molecule has 14 heavy (non-hydrogen) atoms. The summed E-state index contributed by atoms with van der Waals surface area (Å²) in [5.41, 5.74) is 1.06. The first-order valence-electron chi connectivity index (χ1n) is 4.62. The second kappa shape index (κ2) is 5.81. The number of hydrogen-bond acceptors (Lipinski definition) is 3. The van der Waals surface area contributed by atoms with Crippen molar-refractivity contribution in [3.8, 4) is 11.5 Å². The van der Waals surface area contributed by atoms with Crippen LogP contribution < -0.4 is 0 Å². The Balaban J connectivity index is 2.39. The SMILES string of the molecule is [CH2]CSCCCc1ccc(O)c(O)c1. The Labute approximate surface area is 89.0 Å². The molecule has 1 radical (unpaired) electrons. The van der Waals surface area contributed by atoms with Crippen molar-refractivity contribution in [3.63, 3.8) is 0 Å². The van der Waals surface area contributed by atoms with Crippen LogP contribution >= 0.6 is 11.8 Å². The predicted molar refractivity (Wildman–Crippen MR) is 60.8 cm³/mol. The van der Waals surface area contributed by atoms with Gasteiger partial charge in [0.15, 0.2) is 11.5 Å². The molecule has 0 bridgehead atoms. The van der Waals surface area contributed by atoms with Gasteiger partial charge in [-0.15, -0.1) is 0 Å². The number of phenolic OH excluding ortho intramolecular Hbond substituents is 2. The van der Waals surface area contributed by atoms with Crippen LogP contribution in [-0.2, 0) is 6.42 Å². The summed E-state index contributed by atoms with van der Waals surface area (Å²) in [6.45, 7) is 3.75. The van der Waals surface area contributed by atoms with Gasteiger partial charge in [0.25, 0.3) is 0 Å². The van der Waals surface area contributed by atoms with Crippen LogP contribution in [0.15, 0.2) is 18.2 Å². The van der Waals surface area contributed by atoms with Gasteiger partial charge >= 0.3 is 0 Å². The maximum Gasteiger partial charge on any atom is 0.157 e. The molecule has 0 aliphatic carbocycles. The van der Waals surface area contributed by atoms with Crippen molar-refractivity contribution in [1.82, 2.24) is 0 Å². The number of hydrogen-bond donors (Lipinski definition) is 2. The van der Waals surface area contributed by atoms with Gasteiger partial charge in [0.2, 0.25) is 0 Å². The average molecular weight is 211 g/mol. The molecule has 2 N–H and O–H groups in total. The Morgan fingerprint density at radius 1 is 1.21 bits per heavy atom. The Hall–Kier alpha value is -0.830. The molecule has 0 saturated carbocycles. The Bertz CT molecular complexity index is 287. The van der Waals surface area contributed by atoms with Crippen LogP contribution in [0.2, 0.25) is 0 Å². The van der Waals surface area contributed by atoms with Crippen molar-refractivity contribution in [3.05, 3.63) is 30.7 Å². The minimum atomic E-state index is -0.0547. The smallest absolute Gasteiger partial charge is 0.157 e. The maximum absolute atomic E-state index is 9.24. The summed E-state index contributed by atoms with van der Waals surface area (Å²) in [7, 11) is 0. The number of thioether (sulfide) groups is 1. The van der Waals surface area contributed by atoms with Gasteiger partial charge in [0.05, 0.1) is 0 Å². The Morgan fingerprint density at radius 3 is 2.64 bits per heavy atom. The lowest BCUT2D eigenvalue weighted by atomic mass is 10.1. The highest BCUT2D eigenvalue weighted by molar-refractivity contribution is 7.99. The summed E-state index contributed by atoms with van der Waals surface area (Å²) in [5, 5.41) is 18.3. The summed E-state index contributed by atoms with van der Waals surface area (Å²) in [6.07, 6.45) is 2.01. The van der Waals surface area contributed by atoms with Gasteiger partial charge in [0, 0.05) is 0 Å². The summed E-state index contributed by atoms with van der Waals surface area (Å²) in [4.78, 5) is 0. The molecule has 77 valence electrons. The van der Waals surface area contributed by atoms with Crippen molar-refractivity contribution < 1.29 is 10.2 Å². The Kier molecular flexibility index (Phi) is 4.66. The number of phenols is 2. The third kappa shape index (κ3) is 3.50. The second-order valence-corrected chi connectivity index (χ2v) is 4.26. The van der Waals surface area contributed by atoms with Crippen molar-refractivity contribution in [2.45, 2.75) is 12.8 Å². The highest BCUT2D eigenvalue weighted by Crippen LogP contribution is 2.25. The zero-order valence-electron chi connectivity index (χ0n) is 8.07. The zero-order chi connectivity index (χ0) is 10.4. The lowest BCUT2D eigenvalue weighted by Gasteiger charge is -2.03. The average Bonchev–Trinajstić information content (AvgIpc) is 2.18. The molecular weight excluding hydrogens is 196 g/mol. The molecule has 0 atom stereocenters. The molecule has 0 unspecified atom stereocenters. The molecule has 0 aliphatic heterocycles. The standard InChI is InChI=1S/C11H15O2S/c1-2-14-7-3-4-9-5-6-10(12)11(13)8-9/h5-6,8,12-13H,1-4,7H2. The highest BCUT2D eigenvalue weighted by atomic mass is 32.2. The van der Waals surface area contributed by atoms with E-state index < -0.39 is 0 Å². The van der Waals surface area contributed by atoms with Crippen molar-refractivity contribution in [2.24, 2.45) is 0 Å². The van der Waals surface area contributed by atoms with Gasteiger partial charge in [-0.05, 0) is 49.0 Å². The third-order valence-corrected chi connectivity index (χ3v) is 2.80. The fourth-order valence-corrected chi connectivity index (χ4v) is 1.76. The summed E-state index contributed by atoms with van der Waals surface area (Å²) < 4.78 is 0. The lowest BCUT2D eigenvalue weighted by molar-refractivity contribution is 0.403. The molecule has 2 nitrogen and oxygen atoms in total. The van der Waals surface area contributed by atoms with E-state index in [0.29, 0.717) is 0 Å². The molecule has 0 saturated heterocycles. The lowest BCUT2D eigenvalue weighted by Crippen LogP contribution is -1.88. The topological polar surface area (TPSA) is 40.5 Å². The van der Waals surface area contributed by atoms with Crippen LogP contribution in [0.3, 0.4) is 0 Å². The first-order valence-corrected chi connectivity index (χ1v) is 5.77. The second-order valence-electron chi connectivity index (χ2n) is 3.04. The first-order chi connectivity index (χ1) is 6.74. The minimum absolute atomic E-state index is 0.0349. The molecule has 0 aromatic heterocycles. The first kappa shape index (κ1) is 11.2. The maximum atomic E-state index is 9.24. The van der Waals surface area contributed by atoms with E-state index in [-0.39, 0.29) is 11.5 Å². The zero-order valence-corrected chi connectivity index (χ0v) is 8.89. The van der Waals surface area contributed by atoms with Gasteiger partial charge < -0.3 is 10.2 Å². The number of aromatic hydroxyl groups is 2. The van der Waals surface area contributed by atoms with E-state index in [4.69, 9.17) is 5.11 Å². The van der Waals surface area contributed by atoms with Crippen LogP contribution in [-0.4, -0.2) is 21.7 Å². The fourth-order valence-electron chi connectivity index (χ4n) is 1.20. The molecule has 1 rings (SSSR count). The summed E-state index contributed by atoms with van der Waals surface area (Å²) in [6, 6.07) is 4.98. The van der Waals surface area contributed by atoms with Crippen molar-refractivity contribution >= 4 is 11.8 Å².